The van der Waals surface area contributed by atoms with Crippen LogP contribution in [0.5, 0.6) is 0 Å². The predicted octanol–water partition coefficient (Wildman–Crippen LogP) is 2.09. The van der Waals surface area contributed by atoms with E-state index in [0.29, 0.717) is 19.4 Å². The predicted molar refractivity (Wildman–Crippen MR) is 53.4 cm³/mol. The van der Waals surface area contributed by atoms with Crippen LogP contribution in [-0.2, 0) is 14.3 Å². The third-order valence-electron chi connectivity index (χ3n) is 2.32. The zero-order valence-electron chi connectivity index (χ0n) is 7.89. The summed E-state index contributed by atoms with van der Waals surface area (Å²) in [4.78, 5) is 21.9. The van der Waals surface area contributed by atoms with Gasteiger partial charge in [0.2, 0.25) is 0 Å². The first kappa shape index (κ1) is 11.8. The van der Waals surface area contributed by atoms with Crippen LogP contribution in [0.3, 0.4) is 0 Å². The zero-order valence-corrected chi connectivity index (χ0v) is 9.40. The lowest BCUT2D eigenvalue weighted by atomic mass is 9.79. The summed E-state index contributed by atoms with van der Waals surface area (Å²) in [6.45, 7) is 2.12. The first-order valence-electron chi connectivity index (χ1n) is 4.55. The van der Waals surface area contributed by atoms with E-state index in [9.17, 15) is 9.59 Å². The average Bonchev–Trinajstić information content (AvgIpc) is 2.12. The van der Waals surface area contributed by atoms with Crippen LogP contribution in [0, 0.1) is 5.92 Å². The first-order chi connectivity index (χ1) is 6.48. The van der Waals surface area contributed by atoms with Crippen molar-refractivity contribution in [1.82, 2.24) is 0 Å². The highest BCUT2D eigenvalue weighted by molar-refractivity contribution is 6.60. The van der Waals surface area contributed by atoms with Gasteiger partial charge in [-0.3, -0.25) is 9.59 Å². The molecule has 0 saturated heterocycles. The van der Waals surface area contributed by atoms with Crippen LogP contribution in [0.15, 0.2) is 0 Å². The van der Waals surface area contributed by atoms with Crippen LogP contribution in [0.2, 0.25) is 0 Å². The summed E-state index contributed by atoms with van der Waals surface area (Å²) in [6, 6.07) is 0. The monoisotopic (exact) mass is 238 g/mol. The molecule has 1 saturated carbocycles. The highest BCUT2D eigenvalue weighted by atomic mass is 35.5. The quantitative estimate of drug-likeness (QED) is 0.557. The number of alkyl halides is 2. The van der Waals surface area contributed by atoms with E-state index in [0.717, 1.165) is 0 Å². The Morgan fingerprint density at radius 1 is 1.64 bits per heavy atom. The van der Waals surface area contributed by atoms with Crippen LogP contribution in [0.25, 0.3) is 0 Å². The van der Waals surface area contributed by atoms with Crippen molar-refractivity contribution in [1.29, 1.82) is 0 Å². The van der Waals surface area contributed by atoms with E-state index in [1.165, 1.54) is 0 Å². The van der Waals surface area contributed by atoms with E-state index in [4.69, 9.17) is 27.9 Å². The van der Waals surface area contributed by atoms with Gasteiger partial charge >= 0.3 is 5.97 Å². The molecule has 14 heavy (non-hydrogen) atoms. The van der Waals surface area contributed by atoms with Gasteiger partial charge in [0, 0.05) is 18.8 Å². The van der Waals surface area contributed by atoms with Gasteiger partial charge in [0.1, 0.15) is 0 Å². The molecule has 0 aromatic heterocycles. The van der Waals surface area contributed by atoms with Crippen molar-refractivity contribution in [2.45, 2.75) is 30.5 Å². The number of hydrogen-bond donors (Lipinski definition) is 0. The molecule has 0 amide bonds. The highest BCUT2D eigenvalue weighted by Crippen LogP contribution is 2.46. The van der Waals surface area contributed by atoms with Crippen LogP contribution in [-0.4, -0.2) is 22.7 Å². The number of ether oxygens (including phenoxy) is 1. The lowest BCUT2D eigenvalue weighted by Crippen LogP contribution is -2.47. The normalized spacial score (nSPS) is 24.2. The Morgan fingerprint density at radius 3 is 2.71 bits per heavy atom. The summed E-state index contributed by atoms with van der Waals surface area (Å²) in [5.74, 6) is -0.534. The van der Waals surface area contributed by atoms with Crippen LogP contribution < -0.4 is 0 Å². The van der Waals surface area contributed by atoms with Gasteiger partial charge in [-0.25, -0.2) is 0 Å². The molecule has 0 heterocycles. The number of halogens is 2. The van der Waals surface area contributed by atoms with Gasteiger partial charge in [-0.1, -0.05) is 23.2 Å². The molecule has 5 heteroatoms. The Labute approximate surface area is 92.7 Å². The van der Waals surface area contributed by atoms with Gasteiger partial charge in [-0.2, -0.15) is 0 Å². The summed E-state index contributed by atoms with van der Waals surface area (Å²) < 4.78 is 3.47. The molecule has 0 aliphatic heterocycles. The van der Waals surface area contributed by atoms with Gasteiger partial charge < -0.3 is 4.74 Å². The van der Waals surface area contributed by atoms with E-state index in [-0.39, 0.29) is 24.1 Å². The van der Waals surface area contributed by atoms with Crippen LogP contribution in [0.4, 0.5) is 0 Å². The minimum atomic E-state index is -1.27. The summed E-state index contributed by atoms with van der Waals surface area (Å²) in [5.41, 5.74) is 0. The van der Waals surface area contributed by atoms with Crippen LogP contribution >= 0.6 is 23.2 Å². The standard InChI is InChI=1S/C9H12Cl2O3/c1-2-14-8(13)4-3-6-5-7(12)9(6,10)11/h6H,2-5H2,1H3. The molecule has 0 bridgehead atoms. The van der Waals surface area contributed by atoms with Gasteiger partial charge in [-0.15, -0.1) is 0 Å². The van der Waals surface area contributed by atoms with Gasteiger partial charge in [0.15, 0.2) is 10.1 Å². The maximum absolute atomic E-state index is 11.0. The third-order valence-corrected chi connectivity index (χ3v) is 3.36. The number of rotatable bonds is 4. The molecule has 1 unspecified atom stereocenters. The Morgan fingerprint density at radius 2 is 2.29 bits per heavy atom. The van der Waals surface area contributed by atoms with Crippen molar-refractivity contribution in [3.63, 3.8) is 0 Å². The number of carbonyl (C=O) groups is 2. The van der Waals surface area contributed by atoms with Crippen molar-refractivity contribution in [3.8, 4) is 0 Å². The fourth-order valence-corrected chi connectivity index (χ4v) is 1.92. The van der Waals surface area contributed by atoms with Gasteiger partial charge in [0.05, 0.1) is 6.61 Å². The second kappa shape index (κ2) is 4.49. The average molecular weight is 239 g/mol. The molecule has 0 N–H and O–H groups in total. The minimum absolute atomic E-state index is 0.109. The fraction of sp³-hybridized carbons (Fsp3) is 0.778. The maximum Gasteiger partial charge on any atom is 0.305 e. The van der Waals surface area contributed by atoms with Crippen molar-refractivity contribution in [2.24, 2.45) is 5.92 Å². The lowest BCUT2D eigenvalue weighted by Gasteiger charge is -2.37. The molecule has 1 atom stereocenters. The molecule has 0 aromatic carbocycles. The lowest BCUT2D eigenvalue weighted by molar-refractivity contribution is -0.144. The van der Waals surface area contributed by atoms with Crippen LogP contribution in [0.1, 0.15) is 26.2 Å². The fourth-order valence-electron chi connectivity index (χ4n) is 1.39. The molecule has 0 spiro atoms. The van der Waals surface area contributed by atoms with E-state index < -0.39 is 4.33 Å². The molecule has 1 aliphatic carbocycles. The van der Waals surface area contributed by atoms with E-state index in [2.05, 4.69) is 0 Å². The molecule has 1 aliphatic rings. The SMILES string of the molecule is CCOC(=O)CCC1CC(=O)C1(Cl)Cl. The molecule has 1 fully saturated rings. The summed E-state index contributed by atoms with van der Waals surface area (Å²) >= 11 is 11.5. The topological polar surface area (TPSA) is 43.4 Å². The van der Waals surface area contributed by atoms with Crippen molar-refractivity contribution in [3.05, 3.63) is 0 Å². The molecule has 0 aromatic rings. The first-order valence-corrected chi connectivity index (χ1v) is 5.30. The highest BCUT2D eigenvalue weighted by Gasteiger charge is 2.51. The van der Waals surface area contributed by atoms with Crippen molar-refractivity contribution >= 4 is 35.0 Å². The van der Waals surface area contributed by atoms with Gasteiger partial charge in [-0.05, 0) is 13.3 Å². The number of ketones is 1. The van der Waals surface area contributed by atoms with E-state index in [1.54, 1.807) is 6.92 Å². The molecule has 0 radical (unpaired) electrons. The minimum Gasteiger partial charge on any atom is -0.466 e. The Bertz CT molecular complexity index is 250. The maximum atomic E-state index is 11.0. The van der Waals surface area contributed by atoms with E-state index >= 15 is 0 Å². The van der Waals surface area contributed by atoms with E-state index in [1.807, 2.05) is 0 Å². The molecule has 1 rings (SSSR count). The number of esters is 1. The molecular formula is C9H12Cl2O3. The van der Waals surface area contributed by atoms with Gasteiger partial charge in [0.25, 0.3) is 0 Å². The largest absolute Gasteiger partial charge is 0.466 e. The second-order valence-electron chi connectivity index (χ2n) is 3.29. The Kier molecular flexibility index (Phi) is 3.78. The Balaban J connectivity index is 2.27. The molecular weight excluding hydrogens is 227 g/mol. The van der Waals surface area contributed by atoms with Crippen molar-refractivity contribution < 1.29 is 14.3 Å². The molecule has 80 valence electrons. The Hall–Kier alpha value is -0.280. The van der Waals surface area contributed by atoms with Crippen molar-refractivity contribution in [2.75, 3.05) is 6.61 Å². The smallest absolute Gasteiger partial charge is 0.305 e. The summed E-state index contributed by atoms with van der Waals surface area (Å²) in [5, 5.41) is 0. The second-order valence-corrected chi connectivity index (χ2v) is 4.68. The molecule has 3 nitrogen and oxygen atoms in total. The summed E-state index contributed by atoms with van der Waals surface area (Å²) in [6.07, 6.45) is 1.15. The summed E-state index contributed by atoms with van der Waals surface area (Å²) in [7, 11) is 0. The number of Topliss-reactive ketones (excluding diaryl/α,β-unsaturated/α-hetero) is 1. The number of hydrogen-bond acceptors (Lipinski definition) is 3. The number of carbonyl (C=O) groups excluding carboxylic acids is 2. The third kappa shape index (κ3) is 2.39. The zero-order chi connectivity index (χ0) is 10.8.